The molecule has 0 aliphatic rings. The lowest BCUT2D eigenvalue weighted by Gasteiger charge is -2.10. The van der Waals surface area contributed by atoms with Gasteiger partial charge in [0.1, 0.15) is 0 Å². The number of pyridine rings is 1. The molecule has 19 heavy (non-hydrogen) atoms. The van der Waals surface area contributed by atoms with Gasteiger partial charge in [-0.2, -0.15) is 8.42 Å². The zero-order valence-electron chi connectivity index (χ0n) is 9.89. The molecule has 1 N–H and O–H groups in total. The van der Waals surface area contributed by atoms with Crippen LogP contribution in [0.2, 0.25) is 0 Å². The van der Waals surface area contributed by atoms with Gasteiger partial charge in [0.25, 0.3) is 10.0 Å². The molecule has 0 aliphatic carbocycles. The van der Waals surface area contributed by atoms with E-state index in [9.17, 15) is 12.8 Å². The van der Waals surface area contributed by atoms with Gasteiger partial charge in [-0.15, -0.1) is 0 Å². The summed E-state index contributed by atoms with van der Waals surface area (Å²) < 4.78 is 40.9. The fraction of sp³-hybridized carbons (Fsp3) is 0.0833. The van der Waals surface area contributed by atoms with E-state index in [-0.39, 0.29) is 0 Å². The third-order valence-corrected chi connectivity index (χ3v) is 4.38. The van der Waals surface area contributed by atoms with Crippen molar-refractivity contribution in [1.82, 2.24) is 4.98 Å². The van der Waals surface area contributed by atoms with E-state index in [0.29, 0.717) is 5.69 Å². The van der Waals surface area contributed by atoms with Crippen LogP contribution in [0.15, 0.2) is 41.6 Å². The van der Waals surface area contributed by atoms with Gasteiger partial charge < -0.3 is 0 Å². The van der Waals surface area contributed by atoms with Crippen LogP contribution in [0.3, 0.4) is 0 Å². The van der Waals surface area contributed by atoms with Crippen molar-refractivity contribution in [2.24, 2.45) is 0 Å². The van der Waals surface area contributed by atoms with Gasteiger partial charge in [0.2, 0.25) is 5.03 Å². The first kappa shape index (κ1) is 14.2. The van der Waals surface area contributed by atoms with Crippen molar-refractivity contribution in [3.05, 3.63) is 51.5 Å². The van der Waals surface area contributed by atoms with Gasteiger partial charge in [0, 0.05) is 9.77 Å². The van der Waals surface area contributed by atoms with Gasteiger partial charge in [0.05, 0.1) is 5.69 Å². The maximum atomic E-state index is 13.5. The molecule has 0 amide bonds. The van der Waals surface area contributed by atoms with Crippen molar-refractivity contribution < 1.29 is 12.8 Å². The van der Waals surface area contributed by atoms with Crippen LogP contribution in [0, 0.1) is 16.3 Å². The molecule has 7 heteroatoms. The Kier molecular flexibility index (Phi) is 4.04. The van der Waals surface area contributed by atoms with Crippen LogP contribution in [-0.4, -0.2) is 13.4 Å². The Morgan fingerprint density at radius 2 is 2.05 bits per heavy atom. The van der Waals surface area contributed by atoms with E-state index in [4.69, 9.17) is 0 Å². The van der Waals surface area contributed by atoms with Crippen molar-refractivity contribution in [3.63, 3.8) is 0 Å². The van der Waals surface area contributed by atoms with Crippen LogP contribution in [0.5, 0.6) is 0 Å². The normalized spacial score (nSPS) is 11.3. The lowest BCUT2D eigenvalue weighted by atomic mass is 10.2. The van der Waals surface area contributed by atoms with E-state index in [1.165, 1.54) is 12.3 Å². The minimum absolute atomic E-state index is 0.408. The predicted octanol–water partition coefficient (Wildman–Crippen LogP) is 2.93. The van der Waals surface area contributed by atoms with E-state index in [2.05, 4.69) is 32.3 Å². The smallest absolute Gasteiger partial charge is 0.278 e. The molecule has 0 atom stereocenters. The van der Waals surface area contributed by atoms with Crippen LogP contribution < -0.4 is 4.72 Å². The van der Waals surface area contributed by atoms with Crippen LogP contribution in [0.1, 0.15) is 5.56 Å². The highest BCUT2D eigenvalue weighted by Gasteiger charge is 2.21. The average molecular weight is 392 g/mol. The second-order valence-corrected chi connectivity index (χ2v) is 6.70. The molecule has 0 fully saturated rings. The Morgan fingerprint density at radius 3 is 2.68 bits per heavy atom. The maximum Gasteiger partial charge on any atom is 0.282 e. The number of benzene rings is 1. The number of aromatic nitrogens is 1. The van der Waals surface area contributed by atoms with Gasteiger partial charge >= 0.3 is 0 Å². The highest BCUT2D eigenvalue weighted by Crippen LogP contribution is 2.21. The van der Waals surface area contributed by atoms with Crippen molar-refractivity contribution >= 4 is 38.3 Å². The summed E-state index contributed by atoms with van der Waals surface area (Å²) in [5, 5.41) is -0.604. The van der Waals surface area contributed by atoms with E-state index in [0.717, 1.165) is 15.2 Å². The lowest BCUT2D eigenvalue weighted by Crippen LogP contribution is -2.16. The third-order valence-electron chi connectivity index (χ3n) is 2.41. The average Bonchev–Trinajstić information content (AvgIpc) is 2.33. The molecule has 0 bridgehead atoms. The number of nitrogens with one attached hydrogen (secondary N) is 1. The maximum absolute atomic E-state index is 13.5. The molecular weight excluding hydrogens is 382 g/mol. The number of nitrogens with zero attached hydrogens (tertiary/aromatic N) is 1. The number of aryl methyl sites for hydroxylation is 1. The van der Waals surface area contributed by atoms with E-state index in [1.54, 1.807) is 19.1 Å². The predicted molar refractivity (Wildman–Crippen MR) is 78.9 cm³/mol. The van der Waals surface area contributed by atoms with Crippen LogP contribution in [-0.2, 0) is 10.0 Å². The summed E-state index contributed by atoms with van der Waals surface area (Å²) in [5.41, 5.74) is 1.16. The van der Waals surface area contributed by atoms with E-state index in [1.807, 2.05) is 6.07 Å². The molecule has 0 aliphatic heterocycles. The quantitative estimate of drug-likeness (QED) is 0.818. The van der Waals surface area contributed by atoms with E-state index < -0.39 is 20.9 Å². The first-order valence-electron chi connectivity index (χ1n) is 5.29. The molecule has 1 aromatic carbocycles. The molecule has 0 saturated heterocycles. The number of anilines is 1. The fourth-order valence-electron chi connectivity index (χ4n) is 1.50. The molecular formula is C12H10FIN2O2S. The largest absolute Gasteiger partial charge is 0.282 e. The molecule has 1 heterocycles. The van der Waals surface area contributed by atoms with Crippen molar-refractivity contribution in [2.75, 3.05) is 4.72 Å². The Labute approximate surface area is 124 Å². The lowest BCUT2D eigenvalue weighted by molar-refractivity contribution is 0.557. The van der Waals surface area contributed by atoms with Gasteiger partial charge in [-0.05, 0) is 65.4 Å². The molecule has 2 rings (SSSR count). The summed E-state index contributed by atoms with van der Waals surface area (Å²) in [5.74, 6) is -0.877. The molecule has 2 aromatic rings. The molecule has 0 spiro atoms. The Balaban J connectivity index is 2.40. The fourth-order valence-corrected chi connectivity index (χ4v) is 3.29. The molecule has 0 saturated carbocycles. The van der Waals surface area contributed by atoms with Gasteiger partial charge in [-0.25, -0.2) is 9.37 Å². The summed E-state index contributed by atoms with van der Waals surface area (Å²) in [7, 11) is -4.02. The summed E-state index contributed by atoms with van der Waals surface area (Å²) in [6.45, 7) is 1.77. The van der Waals surface area contributed by atoms with Gasteiger partial charge in [-0.3, -0.25) is 4.72 Å². The van der Waals surface area contributed by atoms with E-state index >= 15 is 0 Å². The Bertz CT molecular complexity index is 719. The summed E-state index contributed by atoms with van der Waals surface area (Å²) in [4.78, 5) is 3.57. The summed E-state index contributed by atoms with van der Waals surface area (Å²) in [6.07, 6.45) is 1.23. The van der Waals surface area contributed by atoms with Gasteiger partial charge in [-0.1, -0.05) is 0 Å². The second-order valence-electron chi connectivity index (χ2n) is 3.86. The Morgan fingerprint density at radius 1 is 1.32 bits per heavy atom. The zero-order chi connectivity index (χ0) is 14.0. The molecule has 100 valence electrons. The second kappa shape index (κ2) is 5.41. The number of rotatable bonds is 3. The van der Waals surface area contributed by atoms with Gasteiger partial charge in [0.15, 0.2) is 5.82 Å². The molecule has 4 nitrogen and oxygen atoms in total. The van der Waals surface area contributed by atoms with Crippen LogP contribution in [0.4, 0.5) is 10.1 Å². The number of sulfonamides is 1. The topological polar surface area (TPSA) is 59.1 Å². The standard InChI is InChI=1S/C12H10FIN2O2S/c1-8-7-9(14)4-5-11(8)16-19(17,18)12-10(13)3-2-6-15-12/h2-7,16H,1H3. The highest BCUT2D eigenvalue weighted by molar-refractivity contribution is 14.1. The van der Waals surface area contributed by atoms with Crippen molar-refractivity contribution in [2.45, 2.75) is 11.9 Å². The van der Waals surface area contributed by atoms with Crippen molar-refractivity contribution in [1.29, 1.82) is 0 Å². The number of hydrogen-bond acceptors (Lipinski definition) is 3. The highest BCUT2D eigenvalue weighted by atomic mass is 127. The summed E-state index contributed by atoms with van der Waals surface area (Å²) in [6, 6.07) is 7.62. The molecule has 0 unspecified atom stereocenters. The van der Waals surface area contributed by atoms with Crippen LogP contribution >= 0.6 is 22.6 Å². The molecule has 1 aromatic heterocycles. The zero-order valence-corrected chi connectivity index (χ0v) is 12.9. The van der Waals surface area contributed by atoms with Crippen LogP contribution in [0.25, 0.3) is 0 Å². The minimum atomic E-state index is -4.02. The first-order chi connectivity index (χ1) is 8.90. The minimum Gasteiger partial charge on any atom is -0.278 e. The first-order valence-corrected chi connectivity index (χ1v) is 7.86. The number of hydrogen-bond donors (Lipinski definition) is 1. The monoisotopic (exact) mass is 392 g/mol. The molecule has 0 radical (unpaired) electrons. The summed E-state index contributed by atoms with van der Waals surface area (Å²) >= 11 is 2.13. The third kappa shape index (κ3) is 3.21. The van der Waals surface area contributed by atoms with Crippen molar-refractivity contribution in [3.8, 4) is 0 Å². The number of halogens is 2. The SMILES string of the molecule is Cc1cc(I)ccc1NS(=O)(=O)c1ncccc1F. The Hall–Kier alpha value is -1.22.